The zero-order valence-corrected chi connectivity index (χ0v) is 14.3. The molecule has 0 bridgehead atoms. The normalized spacial score (nSPS) is 19.9. The maximum absolute atomic E-state index is 12.1. The van der Waals surface area contributed by atoms with E-state index in [4.69, 9.17) is 4.74 Å². The average molecular weight is 334 g/mol. The van der Waals surface area contributed by atoms with Crippen LogP contribution in [0.3, 0.4) is 0 Å². The quantitative estimate of drug-likeness (QED) is 0.810. The maximum Gasteiger partial charge on any atom is 0.347 e. The van der Waals surface area contributed by atoms with Crippen LogP contribution in [-0.2, 0) is 11.3 Å². The van der Waals surface area contributed by atoms with E-state index in [0.29, 0.717) is 12.5 Å². The summed E-state index contributed by atoms with van der Waals surface area (Å²) in [6, 6.07) is 8.15. The van der Waals surface area contributed by atoms with Crippen molar-refractivity contribution in [1.82, 2.24) is 9.55 Å². The van der Waals surface area contributed by atoms with E-state index in [0.717, 1.165) is 42.6 Å². The minimum absolute atomic E-state index is 0.114. The Kier molecular flexibility index (Phi) is 4.67. The largest absolute Gasteiger partial charge is 0.376 e. The molecule has 2 heterocycles. The molecular formula is C21H22N2O2. The van der Waals surface area contributed by atoms with E-state index in [-0.39, 0.29) is 11.8 Å². The van der Waals surface area contributed by atoms with Crippen LogP contribution in [0.1, 0.15) is 37.7 Å². The molecule has 4 heteroatoms. The van der Waals surface area contributed by atoms with Crippen LogP contribution in [0.4, 0.5) is 0 Å². The van der Waals surface area contributed by atoms with E-state index < -0.39 is 0 Å². The van der Waals surface area contributed by atoms with Crippen molar-refractivity contribution in [3.63, 3.8) is 0 Å². The van der Waals surface area contributed by atoms with E-state index >= 15 is 0 Å². The summed E-state index contributed by atoms with van der Waals surface area (Å²) >= 11 is 0. The molecule has 25 heavy (non-hydrogen) atoms. The third-order valence-corrected chi connectivity index (χ3v) is 4.75. The molecule has 0 spiro atoms. The molecule has 2 aliphatic rings. The molecule has 1 aliphatic heterocycles. The molecule has 1 aromatic heterocycles. The lowest BCUT2D eigenvalue weighted by atomic mass is 10.1. The van der Waals surface area contributed by atoms with Gasteiger partial charge in [-0.15, -0.1) is 0 Å². The zero-order valence-electron chi connectivity index (χ0n) is 14.3. The predicted octanol–water partition coefficient (Wildman–Crippen LogP) is 3.24. The number of rotatable bonds is 3. The van der Waals surface area contributed by atoms with Crippen molar-refractivity contribution >= 4 is 0 Å². The third kappa shape index (κ3) is 4.18. The number of hydrogen-bond acceptors (Lipinski definition) is 3. The topological polar surface area (TPSA) is 44.1 Å². The van der Waals surface area contributed by atoms with E-state index in [1.54, 1.807) is 10.8 Å². The fourth-order valence-electron chi connectivity index (χ4n) is 3.07. The van der Waals surface area contributed by atoms with Crippen molar-refractivity contribution in [1.29, 1.82) is 0 Å². The van der Waals surface area contributed by atoms with Gasteiger partial charge < -0.3 is 4.74 Å². The van der Waals surface area contributed by atoms with Crippen LogP contribution in [-0.4, -0.2) is 22.3 Å². The van der Waals surface area contributed by atoms with Crippen molar-refractivity contribution in [2.24, 2.45) is 5.92 Å². The Balaban J connectivity index is 1.52. The molecule has 2 fully saturated rings. The second-order valence-corrected chi connectivity index (χ2v) is 6.89. The Hall–Kier alpha value is -2.38. The monoisotopic (exact) mass is 334 g/mol. The summed E-state index contributed by atoms with van der Waals surface area (Å²) in [4.78, 5) is 16.1. The molecule has 4 rings (SSSR count). The van der Waals surface area contributed by atoms with Crippen molar-refractivity contribution in [2.45, 2.75) is 44.8 Å². The Bertz CT molecular complexity index is 848. The average Bonchev–Trinajstić information content (AvgIpc) is 3.48. The molecule has 1 saturated carbocycles. The van der Waals surface area contributed by atoms with Crippen LogP contribution in [0.25, 0.3) is 11.1 Å². The standard InChI is InChI=1S/C21H22N2O2/c24-21-22-13-19(14-23(21)15-20-3-1-2-12-25-20)18-10-8-17(9-11-18)7-6-16-4-5-16/h8-11,13-14,16,20H,1-5,12,15H2. The van der Waals surface area contributed by atoms with Gasteiger partial charge in [-0.25, -0.2) is 9.78 Å². The van der Waals surface area contributed by atoms with E-state index in [2.05, 4.69) is 16.8 Å². The SMILES string of the molecule is O=c1ncc(-c2ccc(C#CC3CC3)cc2)cn1CC1CCCCO1. The van der Waals surface area contributed by atoms with Gasteiger partial charge in [0.05, 0.1) is 12.6 Å². The van der Waals surface area contributed by atoms with Crippen LogP contribution in [0.2, 0.25) is 0 Å². The van der Waals surface area contributed by atoms with Gasteiger partial charge in [0.1, 0.15) is 0 Å². The number of ether oxygens (including phenoxy) is 1. The number of nitrogens with zero attached hydrogens (tertiary/aromatic N) is 2. The second kappa shape index (κ2) is 7.25. The molecule has 128 valence electrons. The first-order valence-corrected chi connectivity index (χ1v) is 9.08. The highest BCUT2D eigenvalue weighted by Crippen LogP contribution is 2.27. The minimum Gasteiger partial charge on any atom is -0.376 e. The molecule has 0 N–H and O–H groups in total. The van der Waals surface area contributed by atoms with E-state index in [1.165, 1.54) is 12.8 Å². The Morgan fingerprint density at radius 3 is 2.68 bits per heavy atom. The van der Waals surface area contributed by atoms with Crippen molar-refractivity contribution in [3.05, 3.63) is 52.7 Å². The summed E-state index contributed by atoms with van der Waals surface area (Å²) in [5, 5.41) is 0. The second-order valence-electron chi connectivity index (χ2n) is 6.89. The summed E-state index contributed by atoms with van der Waals surface area (Å²) in [7, 11) is 0. The summed E-state index contributed by atoms with van der Waals surface area (Å²) in [5.41, 5.74) is 2.80. The lowest BCUT2D eigenvalue weighted by molar-refractivity contribution is 0.00524. The molecule has 2 aromatic rings. The lowest BCUT2D eigenvalue weighted by Gasteiger charge is -2.23. The van der Waals surface area contributed by atoms with Gasteiger partial charge in [-0.2, -0.15) is 0 Å². The number of benzene rings is 1. The molecule has 1 unspecified atom stereocenters. The zero-order chi connectivity index (χ0) is 17.1. The summed E-state index contributed by atoms with van der Waals surface area (Å²) < 4.78 is 7.42. The maximum atomic E-state index is 12.1. The summed E-state index contributed by atoms with van der Waals surface area (Å²) in [5.74, 6) is 7.10. The molecule has 4 nitrogen and oxygen atoms in total. The lowest BCUT2D eigenvalue weighted by Crippen LogP contribution is -2.31. The summed E-state index contributed by atoms with van der Waals surface area (Å²) in [6.45, 7) is 1.36. The molecule has 1 saturated heterocycles. The Morgan fingerprint density at radius 1 is 1.12 bits per heavy atom. The van der Waals surface area contributed by atoms with Crippen LogP contribution >= 0.6 is 0 Å². The van der Waals surface area contributed by atoms with Crippen LogP contribution in [0, 0.1) is 17.8 Å². The molecule has 0 radical (unpaired) electrons. The first-order chi connectivity index (χ1) is 12.3. The Labute approximate surface area is 147 Å². The van der Waals surface area contributed by atoms with Gasteiger partial charge in [-0.05, 0) is 49.8 Å². The highest BCUT2D eigenvalue weighted by Gasteiger charge is 2.18. The molecule has 1 aromatic carbocycles. The third-order valence-electron chi connectivity index (χ3n) is 4.75. The van der Waals surface area contributed by atoms with Gasteiger partial charge in [-0.1, -0.05) is 24.0 Å². The highest BCUT2D eigenvalue weighted by molar-refractivity contribution is 5.62. The van der Waals surface area contributed by atoms with Gasteiger partial charge in [0.25, 0.3) is 0 Å². The molecule has 1 aliphatic carbocycles. The summed E-state index contributed by atoms with van der Waals surface area (Å²) in [6.07, 6.45) is 9.40. The molecule has 0 amide bonds. The first kappa shape index (κ1) is 16.1. The molecular weight excluding hydrogens is 312 g/mol. The van der Waals surface area contributed by atoms with Crippen molar-refractivity contribution in [3.8, 4) is 23.0 Å². The first-order valence-electron chi connectivity index (χ1n) is 9.08. The van der Waals surface area contributed by atoms with Crippen LogP contribution in [0.15, 0.2) is 41.5 Å². The minimum atomic E-state index is -0.218. The van der Waals surface area contributed by atoms with Gasteiger partial charge in [0.15, 0.2) is 0 Å². The van der Waals surface area contributed by atoms with Gasteiger partial charge in [0.2, 0.25) is 0 Å². The van der Waals surface area contributed by atoms with Gasteiger partial charge in [0, 0.05) is 36.0 Å². The van der Waals surface area contributed by atoms with E-state index in [1.807, 2.05) is 30.5 Å². The smallest absolute Gasteiger partial charge is 0.347 e. The fourth-order valence-corrected chi connectivity index (χ4v) is 3.07. The Morgan fingerprint density at radius 2 is 1.96 bits per heavy atom. The van der Waals surface area contributed by atoms with Crippen LogP contribution < -0.4 is 5.69 Å². The number of aromatic nitrogens is 2. The highest BCUT2D eigenvalue weighted by atomic mass is 16.5. The van der Waals surface area contributed by atoms with Gasteiger partial charge in [-0.3, -0.25) is 4.57 Å². The molecule has 1 atom stereocenters. The van der Waals surface area contributed by atoms with Crippen molar-refractivity contribution in [2.75, 3.05) is 6.61 Å². The predicted molar refractivity (Wildman–Crippen MR) is 97.1 cm³/mol. The van der Waals surface area contributed by atoms with Gasteiger partial charge >= 0.3 is 5.69 Å². The van der Waals surface area contributed by atoms with E-state index in [9.17, 15) is 4.79 Å². The number of hydrogen-bond donors (Lipinski definition) is 0. The van der Waals surface area contributed by atoms with Crippen LogP contribution in [0.5, 0.6) is 0 Å². The van der Waals surface area contributed by atoms with Crippen molar-refractivity contribution < 1.29 is 4.74 Å². The fraction of sp³-hybridized carbons (Fsp3) is 0.429.